The van der Waals surface area contributed by atoms with Gasteiger partial charge in [0, 0.05) is 20.3 Å². The van der Waals surface area contributed by atoms with Crippen LogP contribution in [0.15, 0.2) is 18.2 Å². The highest BCUT2D eigenvalue weighted by molar-refractivity contribution is 7.80. The molecule has 1 aromatic rings. The van der Waals surface area contributed by atoms with Crippen molar-refractivity contribution in [3.8, 4) is 0 Å². The molecule has 1 aromatic carbocycles. The zero-order valence-corrected chi connectivity index (χ0v) is 11.0. The number of ether oxygens (including phenoxy) is 1. The van der Waals surface area contributed by atoms with Gasteiger partial charge in [0.1, 0.15) is 5.82 Å². The lowest BCUT2D eigenvalue weighted by atomic mass is 10.3. The molecule has 0 bridgehead atoms. The van der Waals surface area contributed by atoms with Gasteiger partial charge in [0.2, 0.25) is 0 Å². The summed E-state index contributed by atoms with van der Waals surface area (Å²) in [6, 6.07) is 4.46. The Labute approximate surface area is 110 Å². The molecule has 0 amide bonds. The van der Waals surface area contributed by atoms with Crippen molar-refractivity contribution in [2.75, 3.05) is 25.6 Å². The van der Waals surface area contributed by atoms with Gasteiger partial charge in [-0.3, -0.25) is 0 Å². The van der Waals surface area contributed by atoms with E-state index in [1.54, 1.807) is 13.2 Å². The number of anilines is 1. The van der Waals surface area contributed by atoms with Crippen molar-refractivity contribution in [2.24, 2.45) is 0 Å². The monoisotopic (exact) mass is 276 g/mol. The van der Waals surface area contributed by atoms with Crippen LogP contribution < -0.4 is 10.6 Å². The first-order chi connectivity index (χ1) is 8.15. The minimum absolute atomic E-state index is 0.193. The number of thiocarbonyl (C=S) groups is 1. The van der Waals surface area contributed by atoms with E-state index in [1.807, 2.05) is 0 Å². The number of hydrogen-bond donors (Lipinski definition) is 2. The fourth-order valence-electron chi connectivity index (χ4n) is 1.19. The molecule has 0 heterocycles. The number of nitrogens with one attached hydrogen (secondary N) is 2. The topological polar surface area (TPSA) is 33.3 Å². The Morgan fingerprint density at radius 2 is 2.29 bits per heavy atom. The Kier molecular flexibility index (Phi) is 6.18. The second kappa shape index (κ2) is 7.42. The molecule has 6 heteroatoms. The van der Waals surface area contributed by atoms with Crippen molar-refractivity contribution in [2.45, 2.75) is 6.42 Å². The molecular weight excluding hydrogens is 263 g/mol. The molecule has 1 rings (SSSR count). The van der Waals surface area contributed by atoms with Crippen LogP contribution in [0, 0.1) is 5.82 Å². The van der Waals surface area contributed by atoms with Crippen LogP contribution in [0.4, 0.5) is 10.1 Å². The van der Waals surface area contributed by atoms with Crippen molar-refractivity contribution in [1.29, 1.82) is 0 Å². The molecule has 0 fully saturated rings. The van der Waals surface area contributed by atoms with Gasteiger partial charge in [0.05, 0.1) is 10.7 Å². The quantitative estimate of drug-likeness (QED) is 0.640. The summed E-state index contributed by atoms with van der Waals surface area (Å²) in [4.78, 5) is 0. The van der Waals surface area contributed by atoms with Crippen LogP contribution in [0.5, 0.6) is 0 Å². The first-order valence-electron chi connectivity index (χ1n) is 5.13. The zero-order chi connectivity index (χ0) is 12.7. The van der Waals surface area contributed by atoms with Gasteiger partial charge < -0.3 is 15.4 Å². The predicted octanol–water partition coefficient (Wildman–Crippen LogP) is 2.80. The minimum atomic E-state index is -0.432. The summed E-state index contributed by atoms with van der Waals surface area (Å²) in [6.07, 6.45) is 0.823. The molecule has 0 unspecified atom stereocenters. The van der Waals surface area contributed by atoms with Crippen LogP contribution >= 0.6 is 23.8 Å². The van der Waals surface area contributed by atoms with E-state index in [0.717, 1.165) is 6.42 Å². The van der Waals surface area contributed by atoms with Crippen molar-refractivity contribution in [3.05, 3.63) is 29.0 Å². The molecule has 0 saturated carbocycles. The Hall–Kier alpha value is -0.910. The van der Waals surface area contributed by atoms with E-state index >= 15 is 0 Å². The van der Waals surface area contributed by atoms with Gasteiger partial charge in [-0.25, -0.2) is 4.39 Å². The fraction of sp³-hybridized carbons (Fsp3) is 0.364. The van der Waals surface area contributed by atoms with E-state index in [-0.39, 0.29) is 5.69 Å². The number of hydrogen-bond acceptors (Lipinski definition) is 2. The maximum Gasteiger partial charge on any atom is 0.170 e. The van der Waals surface area contributed by atoms with E-state index in [9.17, 15) is 4.39 Å². The van der Waals surface area contributed by atoms with Gasteiger partial charge in [0.15, 0.2) is 5.11 Å². The molecule has 17 heavy (non-hydrogen) atoms. The second-order valence-electron chi connectivity index (χ2n) is 3.32. The Morgan fingerprint density at radius 1 is 1.53 bits per heavy atom. The number of benzene rings is 1. The first kappa shape index (κ1) is 14.2. The Balaban J connectivity index is 2.45. The second-order valence-corrected chi connectivity index (χ2v) is 4.14. The van der Waals surface area contributed by atoms with Crippen LogP contribution in [0.25, 0.3) is 0 Å². The van der Waals surface area contributed by atoms with Crippen LogP contribution in [0.1, 0.15) is 6.42 Å². The highest BCUT2D eigenvalue weighted by Crippen LogP contribution is 2.24. The van der Waals surface area contributed by atoms with Gasteiger partial charge >= 0.3 is 0 Å². The van der Waals surface area contributed by atoms with Gasteiger partial charge in [-0.2, -0.15) is 0 Å². The van der Waals surface area contributed by atoms with Gasteiger partial charge in [-0.05, 0) is 30.8 Å². The van der Waals surface area contributed by atoms with E-state index in [0.29, 0.717) is 23.3 Å². The third-order valence-electron chi connectivity index (χ3n) is 2.01. The lowest BCUT2D eigenvalue weighted by Gasteiger charge is -2.12. The largest absolute Gasteiger partial charge is 0.385 e. The van der Waals surface area contributed by atoms with Crippen LogP contribution in [0.3, 0.4) is 0 Å². The summed E-state index contributed by atoms with van der Waals surface area (Å²) in [5, 5.41) is 6.30. The van der Waals surface area contributed by atoms with Crippen LogP contribution in [0.2, 0.25) is 5.02 Å². The van der Waals surface area contributed by atoms with Gasteiger partial charge in [-0.1, -0.05) is 17.7 Å². The van der Waals surface area contributed by atoms with E-state index < -0.39 is 5.82 Å². The Morgan fingerprint density at radius 3 is 2.94 bits per heavy atom. The molecule has 0 saturated heterocycles. The lowest BCUT2D eigenvalue weighted by Crippen LogP contribution is -2.30. The van der Waals surface area contributed by atoms with E-state index in [4.69, 9.17) is 28.6 Å². The average molecular weight is 277 g/mol. The Bertz CT molecular complexity index is 369. The number of para-hydroxylation sites is 1. The molecule has 0 spiro atoms. The zero-order valence-electron chi connectivity index (χ0n) is 9.43. The third kappa shape index (κ3) is 4.85. The van der Waals surface area contributed by atoms with E-state index in [1.165, 1.54) is 12.1 Å². The molecule has 0 aliphatic heterocycles. The molecule has 0 atom stereocenters. The fourth-order valence-corrected chi connectivity index (χ4v) is 1.61. The van der Waals surface area contributed by atoms with Gasteiger partial charge in [0.25, 0.3) is 0 Å². The maximum absolute atomic E-state index is 13.4. The van der Waals surface area contributed by atoms with Crippen molar-refractivity contribution in [3.63, 3.8) is 0 Å². The number of methoxy groups -OCH3 is 1. The minimum Gasteiger partial charge on any atom is -0.385 e. The third-order valence-corrected chi connectivity index (χ3v) is 2.57. The first-order valence-corrected chi connectivity index (χ1v) is 5.91. The van der Waals surface area contributed by atoms with Crippen molar-refractivity contribution in [1.82, 2.24) is 5.32 Å². The molecule has 94 valence electrons. The highest BCUT2D eigenvalue weighted by atomic mass is 35.5. The molecule has 3 nitrogen and oxygen atoms in total. The van der Waals surface area contributed by atoms with E-state index in [2.05, 4.69) is 10.6 Å². The van der Waals surface area contributed by atoms with Crippen LogP contribution in [-0.2, 0) is 4.74 Å². The summed E-state index contributed by atoms with van der Waals surface area (Å²) >= 11 is 10.9. The number of rotatable bonds is 5. The predicted molar refractivity (Wildman–Crippen MR) is 72.1 cm³/mol. The standard InChI is InChI=1S/C11H14ClFN2OS/c1-16-7-3-6-14-11(17)15-10-8(12)4-2-5-9(10)13/h2,4-5H,3,6-7H2,1H3,(H2,14,15,17). The average Bonchev–Trinajstić information content (AvgIpc) is 2.30. The smallest absolute Gasteiger partial charge is 0.170 e. The summed E-state index contributed by atoms with van der Waals surface area (Å²) in [5.74, 6) is -0.432. The molecule has 0 aromatic heterocycles. The summed E-state index contributed by atoms with van der Waals surface area (Å²) in [5.41, 5.74) is 0.193. The van der Waals surface area contributed by atoms with Gasteiger partial charge in [-0.15, -0.1) is 0 Å². The molecule has 2 N–H and O–H groups in total. The molecule has 0 radical (unpaired) electrons. The lowest BCUT2D eigenvalue weighted by molar-refractivity contribution is 0.196. The highest BCUT2D eigenvalue weighted by Gasteiger charge is 2.07. The summed E-state index contributed by atoms with van der Waals surface area (Å²) in [7, 11) is 1.63. The molecular formula is C11H14ClFN2OS. The molecule has 0 aliphatic rings. The van der Waals surface area contributed by atoms with Crippen molar-refractivity contribution < 1.29 is 9.13 Å². The molecule has 0 aliphatic carbocycles. The normalized spacial score (nSPS) is 10.1. The number of halogens is 2. The van der Waals surface area contributed by atoms with Crippen LogP contribution in [-0.4, -0.2) is 25.4 Å². The summed E-state index contributed by atoms with van der Waals surface area (Å²) < 4.78 is 18.3. The maximum atomic E-state index is 13.4. The SMILES string of the molecule is COCCCNC(=S)Nc1c(F)cccc1Cl. The summed E-state index contributed by atoms with van der Waals surface area (Å²) in [6.45, 7) is 1.31. The van der Waals surface area contributed by atoms with Crippen molar-refractivity contribution >= 4 is 34.6 Å².